The molecule has 1 aliphatic rings. The molecule has 29 heavy (non-hydrogen) atoms. The molecule has 3 aromatic rings. The number of carbonyl (C=O) groups excluding carboxylic acids is 2. The molecule has 0 saturated carbocycles. The highest BCUT2D eigenvalue weighted by molar-refractivity contribution is 6.08. The molecule has 0 aliphatic carbocycles. The van der Waals surface area contributed by atoms with Crippen molar-refractivity contribution in [1.82, 2.24) is 9.78 Å². The molecule has 6 heteroatoms. The van der Waals surface area contributed by atoms with Crippen LogP contribution in [0.1, 0.15) is 45.1 Å². The summed E-state index contributed by atoms with van der Waals surface area (Å²) < 4.78 is 6.89. The van der Waals surface area contributed by atoms with Gasteiger partial charge in [-0.3, -0.25) is 9.59 Å². The van der Waals surface area contributed by atoms with Crippen molar-refractivity contribution in [3.05, 3.63) is 70.4 Å². The van der Waals surface area contributed by atoms with Gasteiger partial charge in [0.05, 0.1) is 24.4 Å². The van der Waals surface area contributed by atoms with E-state index in [9.17, 15) is 9.59 Å². The van der Waals surface area contributed by atoms with Crippen molar-refractivity contribution in [2.24, 2.45) is 0 Å². The zero-order valence-electron chi connectivity index (χ0n) is 16.9. The molecular weight excluding hydrogens is 366 g/mol. The number of carbonyl (C=O) groups is 2. The second kappa shape index (κ2) is 7.20. The van der Waals surface area contributed by atoms with Crippen molar-refractivity contribution >= 4 is 17.5 Å². The van der Waals surface area contributed by atoms with Gasteiger partial charge in [-0.2, -0.15) is 5.10 Å². The first-order valence-corrected chi connectivity index (χ1v) is 9.54. The highest BCUT2D eigenvalue weighted by Crippen LogP contribution is 2.38. The van der Waals surface area contributed by atoms with Gasteiger partial charge >= 0.3 is 0 Å². The smallest absolute Gasteiger partial charge is 0.226 e. The van der Waals surface area contributed by atoms with Crippen molar-refractivity contribution in [3.63, 3.8) is 0 Å². The van der Waals surface area contributed by atoms with E-state index in [2.05, 4.69) is 10.4 Å². The molecule has 1 amide bonds. The lowest BCUT2D eigenvalue weighted by molar-refractivity contribution is -0.116. The summed E-state index contributed by atoms with van der Waals surface area (Å²) in [5.74, 6) is 0.421. The normalized spacial score (nSPS) is 15.6. The molecule has 6 nitrogen and oxygen atoms in total. The first kappa shape index (κ1) is 18.9. The van der Waals surface area contributed by atoms with Crippen LogP contribution in [0.3, 0.4) is 0 Å². The number of hydrogen-bond donors (Lipinski definition) is 1. The zero-order chi connectivity index (χ0) is 20.7. The average molecular weight is 389 g/mol. The van der Waals surface area contributed by atoms with Gasteiger partial charge in [-0.15, -0.1) is 0 Å². The number of methoxy groups -OCH3 is 1. The fraction of sp³-hybridized carbons (Fsp3) is 0.261. The maximum atomic E-state index is 13.2. The molecule has 148 valence electrons. The third-order valence-corrected chi connectivity index (χ3v) is 5.53. The molecule has 0 unspecified atom stereocenters. The molecule has 0 saturated heterocycles. The topological polar surface area (TPSA) is 73.2 Å². The van der Waals surface area contributed by atoms with Crippen LogP contribution in [0.5, 0.6) is 5.75 Å². The number of hydrogen-bond acceptors (Lipinski definition) is 4. The third kappa shape index (κ3) is 3.31. The molecule has 4 rings (SSSR count). The van der Waals surface area contributed by atoms with Gasteiger partial charge in [0.1, 0.15) is 11.6 Å². The summed E-state index contributed by atoms with van der Waals surface area (Å²) in [7, 11) is 1.58. The summed E-state index contributed by atoms with van der Waals surface area (Å²) in [4.78, 5) is 25.7. The number of aryl methyl sites for hydroxylation is 3. The number of Topliss-reactive ketones (excluding diaryl/α,β-unsaturated/α-hetero) is 1. The highest BCUT2D eigenvalue weighted by Gasteiger charge is 2.36. The Kier molecular flexibility index (Phi) is 4.70. The number of nitrogens with one attached hydrogen (secondary N) is 1. The zero-order valence-corrected chi connectivity index (χ0v) is 16.9. The van der Waals surface area contributed by atoms with E-state index in [0.717, 1.165) is 22.5 Å². The third-order valence-electron chi connectivity index (χ3n) is 5.53. The summed E-state index contributed by atoms with van der Waals surface area (Å²) in [6.07, 6.45) is 0.108. The minimum atomic E-state index is -0.563. The second-order valence-corrected chi connectivity index (χ2v) is 7.43. The van der Waals surface area contributed by atoms with Crippen molar-refractivity contribution in [1.29, 1.82) is 0 Å². The van der Waals surface area contributed by atoms with Crippen molar-refractivity contribution in [2.75, 3.05) is 12.4 Å². The molecule has 0 fully saturated rings. The monoisotopic (exact) mass is 389 g/mol. The van der Waals surface area contributed by atoms with E-state index in [1.54, 1.807) is 36.1 Å². The van der Waals surface area contributed by atoms with E-state index in [1.807, 2.05) is 39.0 Å². The van der Waals surface area contributed by atoms with E-state index in [-0.39, 0.29) is 18.1 Å². The molecule has 1 N–H and O–H groups in total. The molecule has 2 heterocycles. The van der Waals surface area contributed by atoms with Crippen LogP contribution in [0.4, 0.5) is 5.82 Å². The van der Waals surface area contributed by atoms with Crippen LogP contribution < -0.4 is 10.1 Å². The Hall–Kier alpha value is -3.41. The van der Waals surface area contributed by atoms with E-state index >= 15 is 0 Å². The largest absolute Gasteiger partial charge is 0.497 e. The van der Waals surface area contributed by atoms with E-state index < -0.39 is 5.92 Å². The Labute approximate surface area is 169 Å². The van der Waals surface area contributed by atoms with Gasteiger partial charge in [-0.05, 0) is 68.3 Å². The van der Waals surface area contributed by atoms with Gasteiger partial charge in [-0.25, -0.2) is 4.68 Å². The standard InChI is InChI=1S/C23H23N3O3/c1-13-5-8-17(11-14(13)2)26-23-21(15(3)25-26)19(12-20(27)24-23)22(28)16-6-9-18(29-4)10-7-16/h5-11,19H,12H2,1-4H3,(H,24,27)/t19-/m1/s1. The Bertz CT molecular complexity index is 1110. The van der Waals surface area contributed by atoms with Crippen LogP contribution in [-0.4, -0.2) is 28.6 Å². The van der Waals surface area contributed by atoms with Crippen LogP contribution in [0.2, 0.25) is 0 Å². The number of anilines is 1. The van der Waals surface area contributed by atoms with Gasteiger partial charge in [0.25, 0.3) is 0 Å². The van der Waals surface area contributed by atoms with Gasteiger partial charge < -0.3 is 10.1 Å². The highest BCUT2D eigenvalue weighted by atomic mass is 16.5. The lowest BCUT2D eigenvalue weighted by atomic mass is 9.85. The molecule has 0 radical (unpaired) electrons. The van der Waals surface area contributed by atoms with E-state index in [1.165, 1.54) is 5.56 Å². The number of aromatic nitrogens is 2. The van der Waals surface area contributed by atoms with Crippen LogP contribution in [0.25, 0.3) is 5.69 Å². The van der Waals surface area contributed by atoms with Crippen molar-refractivity contribution in [3.8, 4) is 11.4 Å². The van der Waals surface area contributed by atoms with E-state index in [0.29, 0.717) is 17.1 Å². The summed E-state index contributed by atoms with van der Waals surface area (Å²) in [6, 6.07) is 13.0. The first-order valence-electron chi connectivity index (χ1n) is 9.54. The van der Waals surface area contributed by atoms with Crippen LogP contribution in [-0.2, 0) is 4.79 Å². The lowest BCUT2D eigenvalue weighted by Gasteiger charge is -2.23. The molecule has 0 spiro atoms. The fourth-order valence-corrected chi connectivity index (χ4v) is 3.77. The first-order chi connectivity index (χ1) is 13.9. The maximum Gasteiger partial charge on any atom is 0.226 e. The summed E-state index contributed by atoms with van der Waals surface area (Å²) in [5, 5.41) is 7.58. The second-order valence-electron chi connectivity index (χ2n) is 7.43. The van der Waals surface area contributed by atoms with Crippen LogP contribution in [0, 0.1) is 20.8 Å². The molecular formula is C23H23N3O3. The molecule has 0 bridgehead atoms. The van der Waals surface area contributed by atoms with Crippen LogP contribution >= 0.6 is 0 Å². The lowest BCUT2D eigenvalue weighted by Crippen LogP contribution is -2.28. The van der Waals surface area contributed by atoms with Crippen molar-refractivity contribution in [2.45, 2.75) is 33.1 Å². The van der Waals surface area contributed by atoms with Crippen LogP contribution in [0.15, 0.2) is 42.5 Å². The Morgan fingerprint density at radius 1 is 1.10 bits per heavy atom. The molecule has 1 aliphatic heterocycles. The average Bonchev–Trinajstić information content (AvgIpc) is 3.05. The Balaban J connectivity index is 1.78. The SMILES string of the molecule is COc1ccc(C(=O)[C@@H]2CC(=O)Nc3c2c(C)nn3-c2ccc(C)c(C)c2)cc1. The Morgan fingerprint density at radius 2 is 1.83 bits per heavy atom. The summed E-state index contributed by atoms with van der Waals surface area (Å²) in [6.45, 7) is 5.96. The number of rotatable bonds is 4. The predicted octanol–water partition coefficient (Wildman–Crippen LogP) is 4.11. The molecule has 1 atom stereocenters. The van der Waals surface area contributed by atoms with Gasteiger partial charge in [0.2, 0.25) is 5.91 Å². The number of nitrogens with zero attached hydrogens (tertiary/aromatic N) is 2. The van der Waals surface area contributed by atoms with Gasteiger partial charge in [0, 0.05) is 17.5 Å². The fourth-order valence-electron chi connectivity index (χ4n) is 3.77. The van der Waals surface area contributed by atoms with Gasteiger partial charge in [-0.1, -0.05) is 6.07 Å². The number of benzene rings is 2. The Morgan fingerprint density at radius 3 is 2.48 bits per heavy atom. The minimum Gasteiger partial charge on any atom is -0.497 e. The maximum absolute atomic E-state index is 13.2. The molecule has 2 aromatic carbocycles. The summed E-state index contributed by atoms with van der Waals surface area (Å²) in [5.41, 5.74) is 5.25. The van der Waals surface area contributed by atoms with Gasteiger partial charge in [0.15, 0.2) is 5.78 Å². The predicted molar refractivity (Wildman–Crippen MR) is 111 cm³/mol. The molecule has 1 aromatic heterocycles. The summed E-state index contributed by atoms with van der Waals surface area (Å²) >= 11 is 0. The number of ketones is 1. The van der Waals surface area contributed by atoms with E-state index in [4.69, 9.17) is 4.74 Å². The number of fused-ring (bicyclic) bond motifs is 1. The van der Waals surface area contributed by atoms with Crippen molar-refractivity contribution < 1.29 is 14.3 Å². The number of ether oxygens (including phenoxy) is 1. The number of amides is 1. The minimum absolute atomic E-state index is 0.0912. The quantitative estimate of drug-likeness (QED) is 0.682.